The maximum Gasteiger partial charge on any atom is 0.185 e. The van der Waals surface area contributed by atoms with Crippen molar-refractivity contribution in [2.45, 2.75) is 26.4 Å². The van der Waals surface area contributed by atoms with Crippen LogP contribution in [0.1, 0.15) is 25.5 Å². The van der Waals surface area contributed by atoms with Gasteiger partial charge in [-0.3, -0.25) is 4.68 Å². The smallest absolute Gasteiger partial charge is 0.185 e. The average molecular weight is 287 g/mol. The second-order valence-corrected chi connectivity index (χ2v) is 4.34. The minimum atomic E-state index is -1.45. The molecule has 0 aliphatic rings. The molecule has 0 spiro atoms. The standard InChI is InChI=1S/C13H13F4N3/c1-3-20-6-8(5-18-20)7(2)19-13-11(16)9(14)4-10(15)12(13)17/h4-7,19H,3H2,1-2H3. The quantitative estimate of drug-likeness (QED) is 0.687. The van der Waals surface area contributed by atoms with Crippen LogP contribution in [-0.2, 0) is 6.54 Å². The van der Waals surface area contributed by atoms with Gasteiger partial charge in [0.15, 0.2) is 23.3 Å². The molecule has 1 unspecified atom stereocenters. The van der Waals surface area contributed by atoms with Crippen LogP contribution >= 0.6 is 0 Å². The molecule has 7 heteroatoms. The first-order valence-corrected chi connectivity index (χ1v) is 6.06. The SMILES string of the molecule is CCn1cc(C(C)Nc2c(F)c(F)cc(F)c2F)cn1. The van der Waals surface area contributed by atoms with Crippen molar-refractivity contribution in [1.29, 1.82) is 0 Å². The summed E-state index contributed by atoms with van der Waals surface area (Å²) in [7, 11) is 0. The Labute approximate surface area is 113 Å². The third kappa shape index (κ3) is 2.61. The molecule has 0 bridgehead atoms. The molecule has 1 heterocycles. The number of nitrogens with zero attached hydrogens (tertiary/aromatic N) is 2. The molecule has 20 heavy (non-hydrogen) atoms. The lowest BCUT2D eigenvalue weighted by atomic mass is 10.1. The Balaban J connectivity index is 2.30. The summed E-state index contributed by atoms with van der Waals surface area (Å²) in [6.45, 7) is 4.14. The number of benzene rings is 1. The molecule has 1 aromatic heterocycles. The first kappa shape index (κ1) is 14.4. The van der Waals surface area contributed by atoms with E-state index in [4.69, 9.17) is 0 Å². The van der Waals surface area contributed by atoms with Gasteiger partial charge in [0.2, 0.25) is 0 Å². The number of aryl methyl sites for hydroxylation is 1. The van der Waals surface area contributed by atoms with Gasteiger partial charge >= 0.3 is 0 Å². The molecule has 1 aromatic carbocycles. The van der Waals surface area contributed by atoms with Crippen molar-refractivity contribution in [2.75, 3.05) is 5.32 Å². The first-order chi connectivity index (χ1) is 9.43. The van der Waals surface area contributed by atoms with Gasteiger partial charge in [-0.25, -0.2) is 17.6 Å². The van der Waals surface area contributed by atoms with Gasteiger partial charge < -0.3 is 5.32 Å². The molecule has 1 N–H and O–H groups in total. The Morgan fingerprint density at radius 2 is 1.80 bits per heavy atom. The van der Waals surface area contributed by atoms with E-state index in [1.807, 2.05) is 6.92 Å². The molecule has 0 aliphatic carbocycles. The van der Waals surface area contributed by atoms with Crippen molar-refractivity contribution in [2.24, 2.45) is 0 Å². The molecule has 0 amide bonds. The summed E-state index contributed by atoms with van der Waals surface area (Å²) >= 11 is 0. The average Bonchev–Trinajstić information content (AvgIpc) is 2.90. The maximum absolute atomic E-state index is 13.5. The van der Waals surface area contributed by atoms with Gasteiger partial charge in [0.05, 0.1) is 12.2 Å². The van der Waals surface area contributed by atoms with Crippen LogP contribution in [0.2, 0.25) is 0 Å². The number of anilines is 1. The summed E-state index contributed by atoms with van der Waals surface area (Å²) in [5.41, 5.74) is -0.172. The summed E-state index contributed by atoms with van der Waals surface area (Å²) in [5, 5.41) is 6.45. The van der Waals surface area contributed by atoms with Gasteiger partial charge in [0.1, 0.15) is 5.69 Å². The Kier molecular flexibility index (Phi) is 3.96. The van der Waals surface area contributed by atoms with Gasteiger partial charge in [0.25, 0.3) is 0 Å². The highest BCUT2D eigenvalue weighted by Crippen LogP contribution is 2.27. The molecular formula is C13H13F4N3. The predicted octanol–water partition coefficient (Wildman–Crippen LogP) is 3.63. The number of halogens is 4. The predicted molar refractivity (Wildman–Crippen MR) is 66.2 cm³/mol. The van der Waals surface area contributed by atoms with Crippen molar-refractivity contribution in [1.82, 2.24) is 9.78 Å². The monoisotopic (exact) mass is 287 g/mol. The fourth-order valence-electron chi connectivity index (χ4n) is 1.78. The zero-order valence-corrected chi connectivity index (χ0v) is 10.9. The van der Waals surface area contributed by atoms with Crippen molar-refractivity contribution < 1.29 is 17.6 Å². The molecular weight excluding hydrogens is 274 g/mol. The van der Waals surface area contributed by atoms with Gasteiger partial charge in [-0.15, -0.1) is 0 Å². The molecule has 3 nitrogen and oxygen atoms in total. The van der Waals surface area contributed by atoms with E-state index in [-0.39, 0.29) is 6.07 Å². The van der Waals surface area contributed by atoms with Crippen LogP contribution < -0.4 is 5.32 Å². The van der Waals surface area contributed by atoms with E-state index in [1.54, 1.807) is 17.8 Å². The van der Waals surface area contributed by atoms with Crippen LogP contribution in [0.15, 0.2) is 18.5 Å². The van der Waals surface area contributed by atoms with Crippen LogP contribution in [0.25, 0.3) is 0 Å². The number of nitrogens with one attached hydrogen (secondary N) is 1. The fraction of sp³-hybridized carbons (Fsp3) is 0.308. The summed E-state index contributed by atoms with van der Waals surface area (Å²) in [4.78, 5) is 0. The summed E-state index contributed by atoms with van der Waals surface area (Å²) in [6, 6.07) is -0.379. The first-order valence-electron chi connectivity index (χ1n) is 6.06. The highest BCUT2D eigenvalue weighted by molar-refractivity contribution is 5.48. The van der Waals surface area contributed by atoms with Gasteiger partial charge in [0, 0.05) is 24.4 Å². The molecule has 0 radical (unpaired) electrons. The molecule has 0 aliphatic heterocycles. The summed E-state index contributed by atoms with van der Waals surface area (Å²) in [5.74, 6) is -5.78. The van der Waals surface area contributed by atoms with Gasteiger partial charge in [-0.2, -0.15) is 5.10 Å². The molecule has 2 rings (SSSR count). The van der Waals surface area contributed by atoms with Crippen LogP contribution in [0.5, 0.6) is 0 Å². The second-order valence-electron chi connectivity index (χ2n) is 4.34. The number of aromatic nitrogens is 2. The Morgan fingerprint density at radius 1 is 1.20 bits per heavy atom. The normalized spacial score (nSPS) is 12.5. The molecule has 1 atom stereocenters. The van der Waals surface area contributed by atoms with E-state index >= 15 is 0 Å². The van der Waals surface area contributed by atoms with E-state index < -0.39 is 35.0 Å². The number of hydrogen-bond acceptors (Lipinski definition) is 2. The summed E-state index contributed by atoms with van der Waals surface area (Å²) in [6.07, 6.45) is 3.20. The number of hydrogen-bond donors (Lipinski definition) is 1. The van der Waals surface area contributed by atoms with Crippen molar-refractivity contribution >= 4 is 5.69 Å². The van der Waals surface area contributed by atoms with Gasteiger partial charge in [-0.1, -0.05) is 0 Å². The molecule has 0 saturated heterocycles. The van der Waals surface area contributed by atoms with Crippen LogP contribution in [-0.4, -0.2) is 9.78 Å². The van der Waals surface area contributed by atoms with E-state index in [0.717, 1.165) is 0 Å². The van der Waals surface area contributed by atoms with E-state index in [0.29, 0.717) is 12.1 Å². The highest BCUT2D eigenvalue weighted by Gasteiger charge is 2.21. The lowest BCUT2D eigenvalue weighted by Crippen LogP contribution is -2.11. The zero-order valence-electron chi connectivity index (χ0n) is 10.9. The maximum atomic E-state index is 13.5. The van der Waals surface area contributed by atoms with Gasteiger partial charge in [-0.05, 0) is 13.8 Å². The number of rotatable bonds is 4. The largest absolute Gasteiger partial charge is 0.373 e. The Hall–Kier alpha value is -2.05. The third-order valence-corrected chi connectivity index (χ3v) is 2.95. The van der Waals surface area contributed by atoms with E-state index in [2.05, 4.69) is 10.4 Å². The minimum Gasteiger partial charge on any atom is -0.373 e. The lowest BCUT2D eigenvalue weighted by Gasteiger charge is -2.15. The van der Waals surface area contributed by atoms with Crippen LogP contribution in [0.4, 0.5) is 23.2 Å². The lowest BCUT2D eigenvalue weighted by molar-refractivity contribution is 0.457. The zero-order chi connectivity index (χ0) is 14.9. The topological polar surface area (TPSA) is 29.9 Å². The fourth-order valence-corrected chi connectivity index (χ4v) is 1.78. The second kappa shape index (κ2) is 5.52. The van der Waals surface area contributed by atoms with E-state index in [9.17, 15) is 17.6 Å². The highest BCUT2D eigenvalue weighted by atomic mass is 19.2. The summed E-state index contributed by atoms with van der Waals surface area (Å²) < 4.78 is 54.9. The van der Waals surface area contributed by atoms with Crippen molar-refractivity contribution in [3.05, 3.63) is 47.3 Å². The van der Waals surface area contributed by atoms with Crippen LogP contribution in [0, 0.1) is 23.3 Å². The van der Waals surface area contributed by atoms with Crippen molar-refractivity contribution in [3.8, 4) is 0 Å². The van der Waals surface area contributed by atoms with Crippen LogP contribution in [0.3, 0.4) is 0 Å². The molecule has 0 fully saturated rings. The molecule has 0 saturated carbocycles. The molecule has 2 aromatic rings. The van der Waals surface area contributed by atoms with Crippen molar-refractivity contribution in [3.63, 3.8) is 0 Å². The Morgan fingerprint density at radius 3 is 2.30 bits per heavy atom. The minimum absolute atomic E-state index is 0.176. The third-order valence-electron chi connectivity index (χ3n) is 2.95. The Bertz CT molecular complexity index is 598. The van der Waals surface area contributed by atoms with E-state index in [1.165, 1.54) is 6.20 Å². The molecule has 108 valence electrons.